The summed E-state index contributed by atoms with van der Waals surface area (Å²) < 4.78 is 0. The normalized spacial score (nSPS) is 22.3. The fourth-order valence-electron chi connectivity index (χ4n) is 7.28. The molecule has 2 fully saturated rings. The summed E-state index contributed by atoms with van der Waals surface area (Å²) >= 11 is 0. The van der Waals surface area contributed by atoms with E-state index in [0.717, 1.165) is 32.1 Å². The highest BCUT2D eigenvalue weighted by Crippen LogP contribution is 2.43. The Morgan fingerprint density at radius 1 is 0.957 bits per heavy atom. The Morgan fingerprint density at radius 2 is 1.63 bits per heavy atom. The standard InChI is InChI=1S/C35H60N6O5/c1-8-13-24(33(44)23(7)9-2)18-29(43)32-27-16-12-14-25(27)20-41(32)35(46)31(22(5)6)38-34(45)28(21(3)4)19-26(42)15-10-11-17-30(36)39-40-37/h21-25,27-28,31-32H,8-20H2,1-7H3,(H,38,45)(H3,36,37,39)/t23-,24?,25+,27+,28-,31+,32+/m1/s1. The Kier molecular flexibility index (Phi) is 16.2. The highest BCUT2D eigenvalue weighted by molar-refractivity contribution is 5.96. The highest BCUT2D eigenvalue weighted by Gasteiger charge is 2.51. The zero-order valence-electron chi connectivity index (χ0n) is 29.3. The average molecular weight is 645 g/mol. The van der Waals surface area contributed by atoms with E-state index >= 15 is 0 Å². The van der Waals surface area contributed by atoms with Crippen molar-refractivity contribution in [3.05, 3.63) is 0 Å². The van der Waals surface area contributed by atoms with Crippen LogP contribution in [0.2, 0.25) is 0 Å². The minimum Gasteiger partial charge on any atom is -0.386 e. The summed E-state index contributed by atoms with van der Waals surface area (Å²) in [6, 6.07) is -1.39. The second kappa shape index (κ2) is 19.0. The summed E-state index contributed by atoms with van der Waals surface area (Å²) in [6.07, 6.45) is 7.28. The number of carbonyl (C=O) groups is 5. The molecule has 11 nitrogen and oxygen atoms in total. The molecule has 0 spiro atoms. The zero-order valence-corrected chi connectivity index (χ0v) is 29.3. The van der Waals surface area contributed by atoms with Crippen LogP contribution in [0.4, 0.5) is 0 Å². The van der Waals surface area contributed by atoms with Crippen molar-refractivity contribution < 1.29 is 24.0 Å². The largest absolute Gasteiger partial charge is 0.386 e. The van der Waals surface area contributed by atoms with Crippen LogP contribution >= 0.6 is 0 Å². The van der Waals surface area contributed by atoms with Crippen LogP contribution in [0.25, 0.3) is 0 Å². The van der Waals surface area contributed by atoms with E-state index in [-0.39, 0.29) is 83.3 Å². The van der Waals surface area contributed by atoms with Crippen LogP contribution in [0.5, 0.6) is 0 Å². The number of unbranched alkanes of at least 4 members (excludes halogenated alkanes) is 1. The SMILES string of the molecule is CCCC(CC(=O)[C@@H]1[C@H]2CCC[C@H]2CN1C(=O)[C@@H](NC(=O)[C@H](CC(=O)CCCCC(N)=NN=N)C(C)C)C(C)C)C(=O)[C@H](C)CC. The minimum absolute atomic E-state index is 0.0283. The lowest BCUT2D eigenvalue weighted by Gasteiger charge is -2.33. The minimum atomic E-state index is -0.823. The molecule has 1 saturated carbocycles. The van der Waals surface area contributed by atoms with Crippen LogP contribution in [0, 0.1) is 47.0 Å². The number of rotatable bonds is 21. The van der Waals surface area contributed by atoms with Crippen molar-refractivity contribution in [3.63, 3.8) is 0 Å². The van der Waals surface area contributed by atoms with Crippen molar-refractivity contribution in [2.45, 2.75) is 138 Å². The summed E-state index contributed by atoms with van der Waals surface area (Å²) in [5, 5.41) is 9.37. The van der Waals surface area contributed by atoms with E-state index in [1.165, 1.54) is 0 Å². The van der Waals surface area contributed by atoms with Gasteiger partial charge in [0.2, 0.25) is 11.8 Å². The molecule has 4 N–H and O–H groups in total. The second-order valence-corrected chi connectivity index (χ2v) is 14.4. The summed E-state index contributed by atoms with van der Waals surface area (Å²) in [5.74, 6) is -1.28. The van der Waals surface area contributed by atoms with Gasteiger partial charge in [0.15, 0.2) is 5.78 Å². The number of nitrogens with two attached hydrogens (primary N) is 1. The molecule has 1 heterocycles. The molecule has 1 aliphatic carbocycles. The van der Waals surface area contributed by atoms with Gasteiger partial charge in [-0.2, -0.15) is 5.53 Å². The van der Waals surface area contributed by atoms with E-state index in [1.54, 1.807) is 4.90 Å². The molecule has 2 aliphatic rings. The third-order valence-corrected chi connectivity index (χ3v) is 10.2. The third kappa shape index (κ3) is 10.8. The number of fused-ring (bicyclic) bond motifs is 1. The lowest BCUT2D eigenvalue weighted by Crippen LogP contribution is -2.56. The first-order valence-electron chi connectivity index (χ1n) is 17.6. The fourth-order valence-corrected chi connectivity index (χ4v) is 7.28. The van der Waals surface area contributed by atoms with Crippen molar-refractivity contribution in [2.24, 2.45) is 57.5 Å². The van der Waals surface area contributed by atoms with E-state index in [9.17, 15) is 24.0 Å². The van der Waals surface area contributed by atoms with Gasteiger partial charge in [-0.3, -0.25) is 24.0 Å². The average Bonchev–Trinajstić information content (AvgIpc) is 3.61. The maximum atomic E-state index is 14.2. The summed E-state index contributed by atoms with van der Waals surface area (Å²) in [5.41, 5.74) is 12.4. The van der Waals surface area contributed by atoms with Crippen molar-refractivity contribution in [1.29, 1.82) is 5.53 Å². The maximum absolute atomic E-state index is 14.2. The molecular formula is C35H60N6O5. The quantitative estimate of drug-likeness (QED) is 0.0465. The van der Waals surface area contributed by atoms with Gasteiger partial charge in [0, 0.05) is 50.0 Å². The molecule has 0 aromatic rings. The van der Waals surface area contributed by atoms with E-state index in [0.29, 0.717) is 38.6 Å². The molecule has 1 aliphatic heterocycles. The first-order chi connectivity index (χ1) is 21.8. The van der Waals surface area contributed by atoms with E-state index in [2.05, 4.69) is 15.6 Å². The second-order valence-electron chi connectivity index (χ2n) is 14.4. The van der Waals surface area contributed by atoms with Gasteiger partial charge in [-0.15, -0.1) is 5.10 Å². The van der Waals surface area contributed by atoms with Gasteiger partial charge in [-0.05, 0) is 62.2 Å². The lowest BCUT2D eigenvalue weighted by atomic mass is 9.82. The summed E-state index contributed by atoms with van der Waals surface area (Å²) in [6.45, 7) is 14.0. The monoisotopic (exact) mass is 644 g/mol. The summed E-state index contributed by atoms with van der Waals surface area (Å²) in [4.78, 5) is 69.6. The van der Waals surface area contributed by atoms with Gasteiger partial charge in [0.05, 0.1) is 6.04 Å². The number of amidine groups is 1. The van der Waals surface area contributed by atoms with E-state index < -0.39 is 18.0 Å². The molecule has 2 rings (SSSR count). The molecule has 1 unspecified atom stereocenters. The van der Waals surface area contributed by atoms with Crippen molar-refractivity contribution in [2.75, 3.05) is 6.54 Å². The molecule has 260 valence electrons. The fraction of sp³-hybridized carbons (Fsp3) is 0.829. The smallest absolute Gasteiger partial charge is 0.246 e. The van der Waals surface area contributed by atoms with Crippen molar-refractivity contribution >= 4 is 35.0 Å². The topological polar surface area (TPSA) is 175 Å². The number of hydrogen-bond acceptors (Lipinski definition) is 7. The molecule has 11 heteroatoms. The zero-order chi connectivity index (χ0) is 34.6. The number of nitrogens with zero attached hydrogens (tertiary/aromatic N) is 3. The van der Waals surface area contributed by atoms with Crippen LogP contribution in [-0.4, -0.2) is 58.5 Å². The number of likely N-dealkylation sites (tertiary alicyclic amines) is 1. The highest BCUT2D eigenvalue weighted by atomic mass is 16.2. The number of hydrogen-bond donors (Lipinski definition) is 3. The van der Waals surface area contributed by atoms with Gasteiger partial charge in [-0.25, -0.2) is 0 Å². The first-order valence-corrected chi connectivity index (χ1v) is 17.6. The Morgan fingerprint density at radius 3 is 2.22 bits per heavy atom. The Balaban J connectivity index is 2.18. The van der Waals surface area contributed by atoms with Gasteiger partial charge in [-0.1, -0.05) is 66.5 Å². The predicted octanol–water partition coefficient (Wildman–Crippen LogP) is 5.84. The number of carbonyl (C=O) groups excluding carboxylic acids is 5. The molecule has 0 aromatic carbocycles. The van der Waals surface area contributed by atoms with Crippen molar-refractivity contribution in [1.82, 2.24) is 10.2 Å². The molecule has 0 bridgehead atoms. The molecule has 1 saturated heterocycles. The van der Waals surface area contributed by atoms with E-state index in [1.807, 2.05) is 48.5 Å². The molecule has 7 atom stereocenters. The number of amides is 2. The Hall–Kier alpha value is -2.98. The first kappa shape index (κ1) is 39.2. The predicted molar refractivity (Wildman–Crippen MR) is 179 cm³/mol. The lowest BCUT2D eigenvalue weighted by molar-refractivity contribution is -0.144. The Bertz CT molecular complexity index is 1110. The molecule has 0 radical (unpaired) electrons. The number of Topliss-reactive ketones (excluding diaryl/α,β-unsaturated/α-hetero) is 3. The van der Waals surface area contributed by atoms with Gasteiger partial charge < -0.3 is 16.0 Å². The molecule has 46 heavy (non-hydrogen) atoms. The number of ketones is 3. The van der Waals surface area contributed by atoms with Crippen LogP contribution in [0.15, 0.2) is 10.3 Å². The van der Waals surface area contributed by atoms with Crippen molar-refractivity contribution in [3.8, 4) is 0 Å². The van der Waals surface area contributed by atoms with Gasteiger partial charge >= 0.3 is 0 Å². The molecular weight excluding hydrogens is 584 g/mol. The van der Waals surface area contributed by atoms with Crippen LogP contribution in [-0.2, 0) is 24.0 Å². The van der Waals surface area contributed by atoms with Gasteiger partial charge in [0.1, 0.15) is 23.4 Å². The number of nitrogens with one attached hydrogen (secondary N) is 2. The summed E-state index contributed by atoms with van der Waals surface area (Å²) in [7, 11) is 0. The van der Waals surface area contributed by atoms with Crippen LogP contribution in [0.3, 0.4) is 0 Å². The van der Waals surface area contributed by atoms with E-state index in [4.69, 9.17) is 11.3 Å². The van der Waals surface area contributed by atoms with Crippen LogP contribution < -0.4 is 11.1 Å². The maximum Gasteiger partial charge on any atom is 0.246 e. The van der Waals surface area contributed by atoms with Crippen LogP contribution in [0.1, 0.15) is 126 Å². The molecule has 0 aromatic heterocycles. The third-order valence-electron chi connectivity index (χ3n) is 10.2. The van der Waals surface area contributed by atoms with Gasteiger partial charge in [0.25, 0.3) is 0 Å². The molecule has 2 amide bonds. The Labute approximate surface area is 276 Å².